The van der Waals surface area contributed by atoms with Crippen molar-refractivity contribution in [2.24, 2.45) is 0 Å². The fourth-order valence-corrected chi connectivity index (χ4v) is 3.87. The zero-order chi connectivity index (χ0) is 20.4. The molecule has 1 atom stereocenters. The quantitative estimate of drug-likeness (QED) is 0.395. The molecule has 1 aromatic carbocycles. The molecule has 0 aliphatic rings. The molecule has 148 valence electrons. The number of halogens is 2. The van der Waals surface area contributed by atoms with Gasteiger partial charge >= 0.3 is 0 Å². The number of aromatic nitrogens is 6. The van der Waals surface area contributed by atoms with Gasteiger partial charge in [0.2, 0.25) is 5.89 Å². The summed E-state index contributed by atoms with van der Waals surface area (Å²) in [5.74, 6) is 0.733. The summed E-state index contributed by atoms with van der Waals surface area (Å²) in [6.45, 7) is 4.63. The molecule has 0 radical (unpaired) electrons. The molecule has 0 amide bonds. The van der Waals surface area contributed by atoms with E-state index < -0.39 is 5.82 Å². The van der Waals surface area contributed by atoms with Crippen molar-refractivity contribution < 1.29 is 8.81 Å². The number of pyridine rings is 1. The summed E-state index contributed by atoms with van der Waals surface area (Å²) >= 11 is 7.38. The molecule has 0 aliphatic heterocycles. The van der Waals surface area contributed by atoms with Gasteiger partial charge in [-0.1, -0.05) is 23.4 Å². The maximum Gasteiger partial charge on any atom is 0.250 e. The third kappa shape index (κ3) is 4.01. The second-order valence-electron chi connectivity index (χ2n) is 6.12. The van der Waals surface area contributed by atoms with Crippen LogP contribution < -0.4 is 0 Å². The predicted octanol–water partition coefficient (Wildman–Crippen LogP) is 5.06. The molecule has 1 unspecified atom stereocenters. The van der Waals surface area contributed by atoms with E-state index in [9.17, 15) is 4.39 Å². The predicted molar refractivity (Wildman–Crippen MR) is 108 cm³/mol. The molecule has 0 saturated carbocycles. The van der Waals surface area contributed by atoms with E-state index in [1.54, 1.807) is 12.4 Å². The van der Waals surface area contributed by atoms with Crippen molar-refractivity contribution >= 4 is 23.4 Å². The summed E-state index contributed by atoms with van der Waals surface area (Å²) in [6, 6.07) is 7.97. The molecule has 0 aliphatic carbocycles. The molecular formula is C19H16ClFN6OS. The molecule has 7 nitrogen and oxygen atoms in total. The second-order valence-corrected chi connectivity index (χ2v) is 7.86. The van der Waals surface area contributed by atoms with Crippen molar-refractivity contribution in [1.82, 2.24) is 29.9 Å². The fourth-order valence-electron chi connectivity index (χ4n) is 2.75. The zero-order valence-electron chi connectivity index (χ0n) is 15.6. The first kappa shape index (κ1) is 19.5. The van der Waals surface area contributed by atoms with Crippen molar-refractivity contribution in [3.05, 3.63) is 59.5 Å². The van der Waals surface area contributed by atoms with Gasteiger partial charge in [0.15, 0.2) is 11.0 Å². The molecule has 4 rings (SSSR count). The van der Waals surface area contributed by atoms with E-state index in [-0.39, 0.29) is 16.7 Å². The smallest absolute Gasteiger partial charge is 0.250 e. The van der Waals surface area contributed by atoms with E-state index in [0.29, 0.717) is 17.5 Å². The molecule has 0 fully saturated rings. The topological polar surface area (TPSA) is 82.5 Å². The molecule has 0 spiro atoms. The summed E-state index contributed by atoms with van der Waals surface area (Å²) in [4.78, 5) is 4.03. The number of rotatable bonds is 6. The average molecular weight is 431 g/mol. The minimum Gasteiger partial charge on any atom is -0.419 e. The van der Waals surface area contributed by atoms with E-state index in [1.165, 1.54) is 30.0 Å². The standard InChI is InChI=1S/C19H16ClFN6OS/c1-3-27-16(12-6-8-22-9-7-12)23-26-19(27)29-11(2)17-24-25-18(28-17)14-10-13(20)4-5-15(14)21/h4-11H,3H2,1-2H3. The minimum atomic E-state index is -0.474. The lowest BCUT2D eigenvalue weighted by Gasteiger charge is -2.09. The van der Waals surface area contributed by atoms with Gasteiger partial charge in [0.25, 0.3) is 5.89 Å². The van der Waals surface area contributed by atoms with Crippen molar-refractivity contribution in [2.75, 3.05) is 0 Å². The van der Waals surface area contributed by atoms with Gasteiger partial charge in [0, 0.05) is 29.5 Å². The Bertz CT molecular complexity index is 1130. The van der Waals surface area contributed by atoms with Crippen molar-refractivity contribution in [3.8, 4) is 22.8 Å². The Morgan fingerprint density at radius 3 is 2.69 bits per heavy atom. The summed E-state index contributed by atoms with van der Waals surface area (Å²) in [7, 11) is 0. The first-order valence-electron chi connectivity index (χ1n) is 8.86. The van der Waals surface area contributed by atoms with Crippen LogP contribution in [0.2, 0.25) is 5.02 Å². The van der Waals surface area contributed by atoms with Crippen LogP contribution in [0.4, 0.5) is 4.39 Å². The van der Waals surface area contributed by atoms with Gasteiger partial charge < -0.3 is 8.98 Å². The van der Waals surface area contributed by atoms with Gasteiger partial charge in [-0.3, -0.25) is 4.98 Å². The first-order valence-corrected chi connectivity index (χ1v) is 10.1. The summed E-state index contributed by atoms with van der Waals surface area (Å²) in [5.41, 5.74) is 1.11. The van der Waals surface area contributed by atoms with Gasteiger partial charge in [0.1, 0.15) is 5.82 Å². The van der Waals surface area contributed by atoms with E-state index >= 15 is 0 Å². The number of nitrogens with zero attached hydrogens (tertiary/aromatic N) is 6. The van der Waals surface area contributed by atoms with Crippen LogP contribution in [-0.2, 0) is 6.54 Å². The molecular weight excluding hydrogens is 415 g/mol. The van der Waals surface area contributed by atoms with E-state index in [4.69, 9.17) is 16.0 Å². The molecule has 4 aromatic rings. The molecule has 3 aromatic heterocycles. The Hall–Kier alpha value is -2.78. The Balaban J connectivity index is 1.58. The average Bonchev–Trinajstić information content (AvgIpc) is 3.37. The Labute approximate surface area is 175 Å². The molecule has 29 heavy (non-hydrogen) atoms. The molecule has 0 N–H and O–H groups in total. The highest BCUT2D eigenvalue weighted by Gasteiger charge is 2.22. The van der Waals surface area contributed by atoms with Gasteiger partial charge in [0.05, 0.1) is 10.8 Å². The summed E-state index contributed by atoms with van der Waals surface area (Å²) < 4.78 is 21.8. The largest absolute Gasteiger partial charge is 0.419 e. The van der Waals surface area contributed by atoms with Crippen molar-refractivity contribution in [1.29, 1.82) is 0 Å². The number of thioether (sulfide) groups is 1. The van der Waals surface area contributed by atoms with Crippen LogP contribution in [0.3, 0.4) is 0 Å². The molecule has 3 heterocycles. The van der Waals surface area contributed by atoms with E-state index in [2.05, 4.69) is 25.4 Å². The maximum absolute atomic E-state index is 14.1. The third-order valence-corrected chi connectivity index (χ3v) is 5.50. The Morgan fingerprint density at radius 2 is 1.93 bits per heavy atom. The van der Waals surface area contributed by atoms with Crippen molar-refractivity contribution in [2.45, 2.75) is 30.8 Å². The fraction of sp³-hybridized carbons (Fsp3) is 0.211. The van der Waals surface area contributed by atoms with Crippen LogP contribution in [0.1, 0.15) is 25.0 Å². The molecule has 10 heteroatoms. The number of benzene rings is 1. The van der Waals surface area contributed by atoms with Gasteiger partial charge in [-0.25, -0.2) is 4.39 Å². The summed E-state index contributed by atoms with van der Waals surface area (Å²) in [6.07, 6.45) is 3.43. The first-order chi connectivity index (χ1) is 14.1. The second kappa shape index (κ2) is 8.30. The van der Waals surface area contributed by atoms with Gasteiger partial charge in [-0.2, -0.15) is 0 Å². The molecule has 0 saturated heterocycles. The highest BCUT2D eigenvalue weighted by atomic mass is 35.5. The maximum atomic E-state index is 14.1. The lowest BCUT2D eigenvalue weighted by atomic mass is 10.2. The van der Waals surface area contributed by atoms with Crippen LogP contribution in [-0.4, -0.2) is 29.9 Å². The summed E-state index contributed by atoms with van der Waals surface area (Å²) in [5, 5.41) is 17.6. The van der Waals surface area contributed by atoms with Crippen LogP contribution in [0.5, 0.6) is 0 Å². The molecule has 0 bridgehead atoms. The third-order valence-electron chi connectivity index (χ3n) is 4.20. The highest BCUT2D eigenvalue weighted by molar-refractivity contribution is 7.99. The minimum absolute atomic E-state index is 0.0851. The zero-order valence-corrected chi connectivity index (χ0v) is 17.2. The number of hydrogen-bond acceptors (Lipinski definition) is 7. The lowest BCUT2D eigenvalue weighted by molar-refractivity contribution is 0.504. The Kier molecular flexibility index (Phi) is 5.59. The van der Waals surface area contributed by atoms with Crippen LogP contribution in [0.25, 0.3) is 22.8 Å². The highest BCUT2D eigenvalue weighted by Crippen LogP contribution is 2.36. The van der Waals surface area contributed by atoms with E-state index in [0.717, 1.165) is 16.5 Å². The monoisotopic (exact) mass is 430 g/mol. The van der Waals surface area contributed by atoms with Gasteiger partial charge in [-0.05, 0) is 44.2 Å². The van der Waals surface area contributed by atoms with Crippen LogP contribution in [0, 0.1) is 5.82 Å². The SMILES string of the molecule is CCn1c(SC(C)c2nnc(-c3cc(Cl)ccc3F)o2)nnc1-c1ccncc1. The lowest BCUT2D eigenvalue weighted by Crippen LogP contribution is -2.01. The Morgan fingerprint density at radius 1 is 1.14 bits per heavy atom. The van der Waals surface area contributed by atoms with Gasteiger partial charge in [-0.15, -0.1) is 20.4 Å². The van der Waals surface area contributed by atoms with Crippen LogP contribution >= 0.6 is 23.4 Å². The number of hydrogen-bond donors (Lipinski definition) is 0. The van der Waals surface area contributed by atoms with Crippen molar-refractivity contribution in [3.63, 3.8) is 0 Å². The van der Waals surface area contributed by atoms with E-state index in [1.807, 2.05) is 30.5 Å². The normalized spacial score (nSPS) is 12.3. The van der Waals surface area contributed by atoms with Crippen LogP contribution in [0.15, 0.2) is 52.3 Å².